The molecule has 0 radical (unpaired) electrons. The first-order valence-electron chi connectivity index (χ1n) is 7.69. The van der Waals surface area contributed by atoms with Crippen molar-refractivity contribution in [3.63, 3.8) is 0 Å². The van der Waals surface area contributed by atoms with Crippen molar-refractivity contribution < 1.29 is 5.11 Å². The van der Waals surface area contributed by atoms with Crippen LogP contribution in [0.25, 0.3) is 27.7 Å². The van der Waals surface area contributed by atoms with Crippen LogP contribution in [0.5, 0.6) is 5.75 Å². The second-order valence-corrected chi connectivity index (χ2v) is 5.77. The van der Waals surface area contributed by atoms with Crippen LogP contribution in [-0.4, -0.2) is 9.67 Å². The van der Waals surface area contributed by atoms with Gasteiger partial charge in [0.2, 0.25) is 0 Å². The Morgan fingerprint density at radius 3 is 2.26 bits per heavy atom. The third kappa shape index (κ3) is 2.29. The van der Waals surface area contributed by atoms with Gasteiger partial charge in [-0.2, -0.15) is 0 Å². The standard InChI is InChI=1S/C21H17NO/c1-15-6-5-9-19-20(16-7-3-2-4-8-16)14-22(21(15)19)17-10-12-18(23)13-11-17/h2-14,23H,1H3. The average Bonchev–Trinajstić information content (AvgIpc) is 2.97. The Morgan fingerprint density at radius 1 is 0.783 bits per heavy atom. The smallest absolute Gasteiger partial charge is 0.115 e. The van der Waals surface area contributed by atoms with Crippen molar-refractivity contribution in [3.8, 4) is 22.6 Å². The maximum Gasteiger partial charge on any atom is 0.115 e. The summed E-state index contributed by atoms with van der Waals surface area (Å²) in [7, 11) is 0. The first-order valence-corrected chi connectivity index (χ1v) is 7.69. The lowest BCUT2D eigenvalue weighted by atomic mass is 10.0. The molecule has 0 atom stereocenters. The molecule has 2 nitrogen and oxygen atoms in total. The van der Waals surface area contributed by atoms with E-state index in [-0.39, 0.29) is 5.75 Å². The Bertz CT molecular complexity index is 966. The fourth-order valence-corrected chi connectivity index (χ4v) is 3.12. The number of phenolic OH excluding ortho intramolecular Hbond substituents is 1. The van der Waals surface area contributed by atoms with Gasteiger partial charge in [0.15, 0.2) is 0 Å². The van der Waals surface area contributed by atoms with Crippen molar-refractivity contribution in [1.82, 2.24) is 4.57 Å². The Labute approximate surface area is 135 Å². The molecule has 0 aliphatic carbocycles. The van der Waals surface area contributed by atoms with Gasteiger partial charge < -0.3 is 9.67 Å². The van der Waals surface area contributed by atoms with Crippen molar-refractivity contribution in [1.29, 1.82) is 0 Å². The highest BCUT2D eigenvalue weighted by molar-refractivity contribution is 5.98. The van der Waals surface area contributed by atoms with Crippen molar-refractivity contribution >= 4 is 10.9 Å². The SMILES string of the molecule is Cc1cccc2c(-c3ccccc3)cn(-c3ccc(O)cc3)c12. The Kier molecular flexibility index (Phi) is 3.16. The van der Waals surface area contributed by atoms with E-state index in [9.17, 15) is 5.11 Å². The van der Waals surface area contributed by atoms with E-state index in [0.29, 0.717) is 0 Å². The number of aromatic nitrogens is 1. The number of para-hydroxylation sites is 1. The van der Waals surface area contributed by atoms with Crippen LogP contribution in [0.1, 0.15) is 5.56 Å². The number of hydrogen-bond acceptors (Lipinski definition) is 1. The molecule has 23 heavy (non-hydrogen) atoms. The predicted molar refractivity (Wildman–Crippen MR) is 95.1 cm³/mol. The molecule has 0 amide bonds. The van der Waals surface area contributed by atoms with E-state index in [2.05, 4.69) is 60.2 Å². The molecule has 0 unspecified atom stereocenters. The lowest BCUT2D eigenvalue weighted by molar-refractivity contribution is 0.475. The van der Waals surface area contributed by atoms with Gasteiger partial charge in [-0.1, -0.05) is 48.5 Å². The summed E-state index contributed by atoms with van der Waals surface area (Å²) in [5, 5.41) is 10.8. The highest BCUT2D eigenvalue weighted by atomic mass is 16.3. The summed E-state index contributed by atoms with van der Waals surface area (Å²) < 4.78 is 2.20. The minimum Gasteiger partial charge on any atom is -0.508 e. The van der Waals surface area contributed by atoms with Gasteiger partial charge >= 0.3 is 0 Å². The van der Waals surface area contributed by atoms with E-state index in [1.54, 1.807) is 12.1 Å². The van der Waals surface area contributed by atoms with Gasteiger partial charge in [0.05, 0.1) is 5.52 Å². The normalized spacial score (nSPS) is 11.0. The number of rotatable bonds is 2. The number of aromatic hydroxyl groups is 1. The first-order chi connectivity index (χ1) is 11.2. The second-order valence-electron chi connectivity index (χ2n) is 5.77. The molecule has 0 aliphatic heterocycles. The van der Waals surface area contributed by atoms with Gasteiger partial charge in [-0.15, -0.1) is 0 Å². The molecule has 1 N–H and O–H groups in total. The minimum atomic E-state index is 0.283. The number of hydrogen-bond donors (Lipinski definition) is 1. The lowest BCUT2D eigenvalue weighted by Crippen LogP contribution is -1.92. The monoisotopic (exact) mass is 299 g/mol. The number of fused-ring (bicyclic) bond motifs is 1. The van der Waals surface area contributed by atoms with E-state index in [4.69, 9.17) is 0 Å². The largest absolute Gasteiger partial charge is 0.508 e. The molecule has 0 saturated carbocycles. The van der Waals surface area contributed by atoms with Crippen molar-refractivity contribution in [2.45, 2.75) is 6.92 Å². The number of nitrogens with zero attached hydrogens (tertiary/aromatic N) is 1. The van der Waals surface area contributed by atoms with E-state index in [0.717, 1.165) is 5.69 Å². The summed E-state index contributed by atoms with van der Waals surface area (Å²) in [6, 6.07) is 24.2. The van der Waals surface area contributed by atoms with E-state index in [1.165, 1.54) is 27.6 Å². The summed E-state index contributed by atoms with van der Waals surface area (Å²) in [4.78, 5) is 0. The van der Waals surface area contributed by atoms with Crippen molar-refractivity contribution in [2.24, 2.45) is 0 Å². The average molecular weight is 299 g/mol. The maximum absolute atomic E-state index is 9.55. The van der Waals surface area contributed by atoms with Gasteiger partial charge in [0, 0.05) is 22.8 Å². The van der Waals surface area contributed by atoms with Gasteiger partial charge in [-0.25, -0.2) is 0 Å². The lowest BCUT2D eigenvalue weighted by Gasteiger charge is -2.07. The van der Waals surface area contributed by atoms with Crippen LogP contribution >= 0.6 is 0 Å². The minimum absolute atomic E-state index is 0.283. The van der Waals surface area contributed by atoms with Gasteiger partial charge in [-0.3, -0.25) is 0 Å². The molecular weight excluding hydrogens is 282 g/mol. The van der Waals surface area contributed by atoms with E-state index >= 15 is 0 Å². The molecule has 0 fully saturated rings. The van der Waals surface area contributed by atoms with E-state index in [1.807, 2.05) is 18.2 Å². The summed E-state index contributed by atoms with van der Waals surface area (Å²) in [5.41, 5.74) is 5.91. The first kappa shape index (κ1) is 13.6. The summed E-state index contributed by atoms with van der Waals surface area (Å²) >= 11 is 0. The third-order valence-corrected chi connectivity index (χ3v) is 4.24. The second kappa shape index (κ2) is 5.33. The molecule has 1 heterocycles. The Morgan fingerprint density at radius 2 is 1.52 bits per heavy atom. The van der Waals surface area contributed by atoms with Crippen LogP contribution in [0.3, 0.4) is 0 Å². The zero-order chi connectivity index (χ0) is 15.8. The summed E-state index contributed by atoms with van der Waals surface area (Å²) in [5.74, 6) is 0.283. The number of phenols is 1. The van der Waals surface area contributed by atoms with Crippen LogP contribution in [-0.2, 0) is 0 Å². The summed E-state index contributed by atoms with van der Waals surface area (Å²) in [6.07, 6.45) is 2.18. The van der Waals surface area contributed by atoms with E-state index < -0.39 is 0 Å². The molecule has 2 heteroatoms. The fourth-order valence-electron chi connectivity index (χ4n) is 3.12. The summed E-state index contributed by atoms with van der Waals surface area (Å²) in [6.45, 7) is 2.13. The van der Waals surface area contributed by atoms with Crippen LogP contribution in [0.15, 0.2) is 79.0 Å². The predicted octanol–water partition coefficient (Wildman–Crippen LogP) is 5.31. The molecule has 0 aliphatic rings. The zero-order valence-corrected chi connectivity index (χ0v) is 12.9. The van der Waals surface area contributed by atoms with Crippen molar-refractivity contribution in [3.05, 3.63) is 84.6 Å². The van der Waals surface area contributed by atoms with Crippen molar-refractivity contribution in [2.75, 3.05) is 0 Å². The van der Waals surface area contributed by atoms with Gasteiger partial charge in [-0.05, 0) is 42.3 Å². The molecule has 4 aromatic rings. The quantitative estimate of drug-likeness (QED) is 0.533. The van der Waals surface area contributed by atoms with Crippen LogP contribution in [0.2, 0.25) is 0 Å². The third-order valence-electron chi connectivity index (χ3n) is 4.24. The molecule has 3 aromatic carbocycles. The number of benzene rings is 3. The fraction of sp³-hybridized carbons (Fsp3) is 0.0476. The highest BCUT2D eigenvalue weighted by Gasteiger charge is 2.13. The molecule has 4 rings (SSSR count). The van der Waals surface area contributed by atoms with Gasteiger partial charge in [0.25, 0.3) is 0 Å². The molecule has 112 valence electrons. The topological polar surface area (TPSA) is 25.2 Å². The molecule has 0 saturated heterocycles. The van der Waals surface area contributed by atoms with Gasteiger partial charge in [0.1, 0.15) is 5.75 Å². The van der Waals surface area contributed by atoms with Crippen LogP contribution in [0.4, 0.5) is 0 Å². The highest BCUT2D eigenvalue weighted by Crippen LogP contribution is 2.34. The Balaban J connectivity index is 2.04. The molecule has 1 aromatic heterocycles. The number of aryl methyl sites for hydroxylation is 1. The van der Waals surface area contributed by atoms with Crippen LogP contribution < -0.4 is 0 Å². The molecule has 0 bridgehead atoms. The zero-order valence-electron chi connectivity index (χ0n) is 12.9. The molecule has 0 spiro atoms. The van der Waals surface area contributed by atoms with Crippen LogP contribution in [0, 0.1) is 6.92 Å². The Hall–Kier alpha value is -3.00. The molecular formula is C21H17NO. The maximum atomic E-state index is 9.55.